The smallest absolute Gasteiger partial charge is 0.329 e. The molecule has 5 aromatic rings. The Morgan fingerprint density at radius 1 is 0.948 bits per heavy atom. The molecule has 16 nitrogen and oxygen atoms in total. The molecule has 2 aromatic carbocycles. The maximum absolute atomic E-state index is 13.5. The van der Waals surface area contributed by atoms with Crippen molar-refractivity contribution in [3.05, 3.63) is 80.1 Å². The van der Waals surface area contributed by atoms with Gasteiger partial charge >= 0.3 is 5.69 Å². The molecule has 17 heteroatoms. The molecule has 0 radical (unpaired) electrons. The van der Waals surface area contributed by atoms with Crippen molar-refractivity contribution in [3.63, 3.8) is 0 Å². The van der Waals surface area contributed by atoms with Gasteiger partial charge < -0.3 is 29.7 Å². The Labute approximate surface area is 339 Å². The number of nitrogens with one attached hydrogen (secondary N) is 3. The number of benzene rings is 2. The van der Waals surface area contributed by atoms with Crippen LogP contribution in [-0.4, -0.2) is 92.7 Å². The third-order valence-corrected chi connectivity index (χ3v) is 12.2. The predicted octanol–water partition coefficient (Wildman–Crippen LogP) is 3.58. The normalized spacial score (nSPS) is 18.5. The van der Waals surface area contributed by atoms with Crippen LogP contribution in [0.25, 0.3) is 21.9 Å². The average Bonchev–Trinajstić information content (AvgIpc) is 3.48. The molecular weight excluding hydrogens is 764 g/mol. The Morgan fingerprint density at radius 2 is 1.72 bits per heavy atom. The van der Waals surface area contributed by atoms with Crippen LogP contribution in [0, 0.1) is 5.92 Å². The number of halogens is 1. The maximum Gasteiger partial charge on any atom is 0.329 e. The highest BCUT2D eigenvalue weighted by Crippen LogP contribution is 2.35. The van der Waals surface area contributed by atoms with Crippen molar-refractivity contribution in [1.29, 1.82) is 0 Å². The Balaban J connectivity index is 0.875. The van der Waals surface area contributed by atoms with Crippen molar-refractivity contribution in [2.24, 2.45) is 20.0 Å². The number of piperidine rings is 3. The third kappa shape index (κ3) is 7.65. The standard InChI is InChI=1S/C41H47ClN10O6/c1-43-35(54)23-58-33-20-26-19-27(7-8-30(26)48(2)39(33)56)45-37-29(42)21-44-40(47-37)51-17-11-24(12-18-51)22-50-15-13-25(14-16-50)28-5-4-6-31-36(28)49(3)41(57)52(31)32-9-10-34(53)46-38(32)55/h4-8,19-21,24-25,32H,9-18,22-23H2,1-3H3,(H,43,54)(H,44,45,47)(H,46,53,55). The molecule has 58 heavy (non-hydrogen) atoms. The second-order valence-corrected chi connectivity index (χ2v) is 15.9. The van der Waals surface area contributed by atoms with Gasteiger partial charge in [0.1, 0.15) is 11.1 Å². The van der Waals surface area contributed by atoms with Crippen LogP contribution in [0.3, 0.4) is 0 Å². The molecule has 3 aliphatic rings. The van der Waals surface area contributed by atoms with Crippen molar-refractivity contribution < 1.29 is 19.1 Å². The highest BCUT2D eigenvalue weighted by atomic mass is 35.5. The molecular formula is C41H47ClN10O6. The van der Waals surface area contributed by atoms with E-state index in [1.807, 2.05) is 30.3 Å². The van der Waals surface area contributed by atoms with Gasteiger partial charge in [0.2, 0.25) is 17.8 Å². The number of imide groups is 1. The van der Waals surface area contributed by atoms with Crippen LogP contribution >= 0.6 is 11.6 Å². The summed E-state index contributed by atoms with van der Waals surface area (Å²) in [6, 6.07) is 12.5. The van der Waals surface area contributed by atoms with Crippen molar-refractivity contribution in [1.82, 2.24) is 39.2 Å². The molecule has 1 unspecified atom stereocenters. The van der Waals surface area contributed by atoms with Gasteiger partial charge in [-0.25, -0.2) is 9.78 Å². The molecule has 304 valence electrons. The van der Waals surface area contributed by atoms with E-state index in [1.54, 1.807) is 35.5 Å². The molecule has 3 aromatic heterocycles. The first-order chi connectivity index (χ1) is 28.0. The van der Waals surface area contributed by atoms with E-state index in [4.69, 9.17) is 21.3 Å². The van der Waals surface area contributed by atoms with Gasteiger partial charge in [0.25, 0.3) is 11.5 Å². The molecule has 3 N–H and O–H groups in total. The van der Waals surface area contributed by atoms with Crippen molar-refractivity contribution in [2.45, 2.75) is 50.5 Å². The Morgan fingerprint density at radius 3 is 2.47 bits per heavy atom. The zero-order valence-corrected chi connectivity index (χ0v) is 33.6. The van der Waals surface area contributed by atoms with Gasteiger partial charge in [-0.05, 0) is 92.9 Å². The molecule has 0 aliphatic carbocycles. The Hall–Kier alpha value is -5.74. The monoisotopic (exact) mass is 810 g/mol. The Bertz CT molecular complexity index is 2530. The number of carbonyl (C=O) groups excluding carboxylic acids is 3. The first kappa shape index (κ1) is 39.1. The van der Waals surface area contributed by atoms with Crippen LogP contribution in [-0.2, 0) is 28.5 Å². The molecule has 3 aliphatic heterocycles. The van der Waals surface area contributed by atoms with E-state index < -0.39 is 11.9 Å². The molecule has 8 rings (SSSR count). The van der Waals surface area contributed by atoms with E-state index >= 15 is 0 Å². The number of hydrogen-bond donors (Lipinski definition) is 3. The van der Waals surface area contributed by atoms with E-state index in [0.717, 1.165) is 80.4 Å². The highest BCUT2D eigenvalue weighted by Gasteiger charge is 2.33. The van der Waals surface area contributed by atoms with Gasteiger partial charge in [-0.1, -0.05) is 23.7 Å². The van der Waals surface area contributed by atoms with E-state index in [2.05, 4.69) is 36.8 Å². The largest absolute Gasteiger partial charge is 0.478 e. The summed E-state index contributed by atoms with van der Waals surface area (Å²) >= 11 is 6.57. The van der Waals surface area contributed by atoms with Crippen LogP contribution in [0.5, 0.6) is 5.75 Å². The fraction of sp³-hybridized carbons (Fsp3) is 0.439. The summed E-state index contributed by atoms with van der Waals surface area (Å²) in [7, 11) is 4.93. The van der Waals surface area contributed by atoms with Crippen LogP contribution in [0.2, 0.25) is 5.02 Å². The minimum Gasteiger partial charge on any atom is -0.478 e. The SMILES string of the molecule is CNC(=O)COc1cc2cc(Nc3nc(N4CCC(CN5CCC(c6cccc7c6n(C)c(=O)n7C6CCC(=O)NC6=O)CC5)CC4)ncc3Cl)ccc2n(C)c1=O. The quantitative estimate of drug-likeness (QED) is 0.176. The van der Waals surface area contributed by atoms with E-state index in [1.165, 1.54) is 11.6 Å². The fourth-order valence-electron chi connectivity index (χ4n) is 8.72. The molecule has 3 fully saturated rings. The number of para-hydroxylation sites is 1. The average molecular weight is 811 g/mol. The van der Waals surface area contributed by atoms with Crippen LogP contribution in [0.4, 0.5) is 17.5 Å². The van der Waals surface area contributed by atoms with E-state index in [9.17, 15) is 24.0 Å². The number of fused-ring (bicyclic) bond motifs is 2. The lowest BCUT2D eigenvalue weighted by Gasteiger charge is -2.38. The predicted molar refractivity (Wildman–Crippen MR) is 221 cm³/mol. The minimum atomic E-state index is -0.697. The summed E-state index contributed by atoms with van der Waals surface area (Å²) in [6.45, 7) is 4.34. The molecule has 1 atom stereocenters. The summed E-state index contributed by atoms with van der Waals surface area (Å²) in [5.74, 6) is 0.940. The van der Waals surface area contributed by atoms with Crippen LogP contribution in [0.1, 0.15) is 56.0 Å². The summed E-state index contributed by atoms with van der Waals surface area (Å²) in [5.41, 5.74) is 3.59. The van der Waals surface area contributed by atoms with Crippen molar-refractivity contribution in [2.75, 3.05) is 56.6 Å². The number of likely N-dealkylation sites (N-methyl/N-ethyl adjacent to an activating group) is 1. The lowest BCUT2D eigenvalue weighted by Crippen LogP contribution is -2.44. The number of likely N-dealkylation sites (tertiary alicyclic amines) is 1. The number of amides is 3. The van der Waals surface area contributed by atoms with Gasteiger partial charge in [0.05, 0.1) is 22.7 Å². The number of aromatic nitrogens is 5. The second-order valence-electron chi connectivity index (χ2n) is 15.5. The fourth-order valence-corrected chi connectivity index (χ4v) is 8.86. The first-order valence-electron chi connectivity index (χ1n) is 19.8. The lowest BCUT2D eigenvalue weighted by molar-refractivity contribution is -0.135. The van der Waals surface area contributed by atoms with Crippen LogP contribution < -0.4 is 36.8 Å². The summed E-state index contributed by atoms with van der Waals surface area (Å²) < 4.78 is 10.2. The van der Waals surface area contributed by atoms with Crippen molar-refractivity contribution >= 4 is 68.7 Å². The number of anilines is 3. The summed E-state index contributed by atoms with van der Waals surface area (Å²) in [6.07, 6.45) is 6.12. The number of rotatable bonds is 10. The number of ether oxygens (including phenoxy) is 1. The number of aryl methyl sites for hydroxylation is 2. The third-order valence-electron chi connectivity index (χ3n) is 11.9. The molecule has 3 amide bonds. The van der Waals surface area contributed by atoms with E-state index in [-0.39, 0.29) is 41.8 Å². The van der Waals surface area contributed by atoms with Gasteiger partial charge in [0.15, 0.2) is 18.2 Å². The van der Waals surface area contributed by atoms with Gasteiger partial charge in [0, 0.05) is 58.3 Å². The number of carbonyl (C=O) groups is 3. The first-order valence-corrected chi connectivity index (χ1v) is 20.1. The minimum absolute atomic E-state index is 0.0782. The van der Waals surface area contributed by atoms with Crippen molar-refractivity contribution in [3.8, 4) is 5.75 Å². The summed E-state index contributed by atoms with van der Waals surface area (Å²) in [5, 5.41) is 9.31. The van der Waals surface area contributed by atoms with Gasteiger partial charge in [-0.3, -0.25) is 33.6 Å². The number of pyridine rings is 1. The number of imidazole rings is 1. The van der Waals surface area contributed by atoms with Gasteiger partial charge in [-0.2, -0.15) is 4.98 Å². The molecule has 3 saturated heterocycles. The van der Waals surface area contributed by atoms with Crippen LogP contribution in [0.15, 0.2) is 58.3 Å². The van der Waals surface area contributed by atoms with Gasteiger partial charge in [-0.15, -0.1) is 0 Å². The zero-order chi connectivity index (χ0) is 40.7. The molecule has 0 saturated carbocycles. The topological polar surface area (TPSA) is 178 Å². The molecule has 6 heterocycles. The number of hydrogen-bond acceptors (Lipinski definition) is 11. The highest BCUT2D eigenvalue weighted by molar-refractivity contribution is 6.33. The summed E-state index contributed by atoms with van der Waals surface area (Å²) in [4.78, 5) is 76.6. The molecule has 0 spiro atoms. The maximum atomic E-state index is 13.5. The Kier molecular flexibility index (Phi) is 11.0. The molecule has 0 bridgehead atoms. The zero-order valence-electron chi connectivity index (χ0n) is 32.8. The second kappa shape index (κ2) is 16.3. The number of nitrogens with zero attached hydrogens (tertiary/aromatic N) is 7. The lowest BCUT2D eigenvalue weighted by atomic mass is 9.87. The van der Waals surface area contributed by atoms with E-state index in [0.29, 0.717) is 46.2 Å².